The number of halogens is 1. The minimum absolute atomic E-state index is 0.238. The monoisotopic (exact) mass is 421 g/mol. The first-order valence-corrected chi connectivity index (χ1v) is 10.3. The van der Waals surface area contributed by atoms with Gasteiger partial charge in [-0.1, -0.05) is 30.3 Å². The van der Waals surface area contributed by atoms with Crippen molar-refractivity contribution < 1.29 is 13.9 Å². The molecular formula is C23H20FN3O2S. The Labute approximate surface area is 177 Å². The molecule has 152 valence electrons. The molecule has 0 spiro atoms. The van der Waals surface area contributed by atoms with Crippen molar-refractivity contribution in [3.05, 3.63) is 99.6 Å². The summed E-state index contributed by atoms with van der Waals surface area (Å²) in [6.45, 7) is 2.70. The number of aryl methyl sites for hydroxylation is 1. The van der Waals surface area contributed by atoms with Gasteiger partial charge in [0, 0.05) is 23.4 Å². The minimum atomic E-state index is -0.280. The fourth-order valence-corrected chi connectivity index (χ4v) is 3.73. The summed E-state index contributed by atoms with van der Waals surface area (Å²) in [7, 11) is 0. The Kier molecular flexibility index (Phi) is 5.90. The normalized spacial score (nSPS) is 10.7. The SMILES string of the molecule is Cc1cccc(OCc2csc(C(=O)Nc3ccn(Cc4ccccc4F)n3)c2)c1. The van der Waals surface area contributed by atoms with Crippen LogP contribution in [0.5, 0.6) is 5.75 Å². The molecule has 0 aliphatic rings. The minimum Gasteiger partial charge on any atom is -0.489 e. The summed E-state index contributed by atoms with van der Waals surface area (Å²) >= 11 is 1.35. The molecule has 1 amide bonds. The number of amides is 1. The molecule has 30 heavy (non-hydrogen) atoms. The molecule has 1 N–H and O–H groups in total. The number of nitrogens with zero attached hydrogens (tertiary/aromatic N) is 2. The second kappa shape index (κ2) is 8.92. The number of rotatable bonds is 7. The van der Waals surface area contributed by atoms with Crippen molar-refractivity contribution >= 4 is 23.1 Å². The quantitative estimate of drug-likeness (QED) is 0.442. The van der Waals surface area contributed by atoms with E-state index in [2.05, 4.69) is 10.4 Å². The third kappa shape index (κ3) is 4.93. The van der Waals surface area contributed by atoms with Gasteiger partial charge in [-0.2, -0.15) is 5.10 Å². The lowest BCUT2D eigenvalue weighted by atomic mass is 10.2. The fraction of sp³-hybridized carbons (Fsp3) is 0.130. The molecule has 0 atom stereocenters. The Morgan fingerprint density at radius 1 is 1.17 bits per heavy atom. The van der Waals surface area contributed by atoms with E-state index in [4.69, 9.17) is 4.74 Å². The van der Waals surface area contributed by atoms with Crippen LogP contribution in [0, 0.1) is 12.7 Å². The smallest absolute Gasteiger partial charge is 0.266 e. The van der Waals surface area contributed by atoms with Crippen molar-refractivity contribution in [3.8, 4) is 5.75 Å². The predicted octanol–water partition coefficient (Wildman–Crippen LogP) is 5.27. The van der Waals surface area contributed by atoms with E-state index in [0.29, 0.717) is 29.4 Å². The number of hydrogen-bond donors (Lipinski definition) is 1. The van der Waals surface area contributed by atoms with Gasteiger partial charge < -0.3 is 10.1 Å². The summed E-state index contributed by atoms with van der Waals surface area (Å²) < 4.78 is 21.2. The zero-order valence-corrected chi connectivity index (χ0v) is 17.2. The van der Waals surface area contributed by atoms with E-state index < -0.39 is 0 Å². The third-order valence-corrected chi connectivity index (χ3v) is 5.42. The molecular weight excluding hydrogens is 401 g/mol. The van der Waals surface area contributed by atoms with E-state index in [1.54, 1.807) is 35.1 Å². The molecule has 4 aromatic rings. The summed E-state index contributed by atoms with van der Waals surface area (Å²) in [5, 5.41) is 8.98. The molecule has 2 aromatic heterocycles. The highest BCUT2D eigenvalue weighted by atomic mass is 32.1. The van der Waals surface area contributed by atoms with Crippen LogP contribution in [-0.2, 0) is 13.2 Å². The highest BCUT2D eigenvalue weighted by Crippen LogP contribution is 2.20. The van der Waals surface area contributed by atoms with E-state index in [-0.39, 0.29) is 11.7 Å². The number of anilines is 1. The van der Waals surface area contributed by atoms with Crippen LogP contribution in [0.4, 0.5) is 10.2 Å². The molecule has 4 rings (SSSR count). The second-order valence-corrected chi connectivity index (χ2v) is 7.78. The molecule has 0 aliphatic heterocycles. The molecule has 0 saturated carbocycles. The van der Waals surface area contributed by atoms with Crippen LogP contribution >= 0.6 is 11.3 Å². The highest BCUT2D eigenvalue weighted by molar-refractivity contribution is 7.12. The summed E-state index contributed by atoms with van der Waals surface area (Å²) in [6, 6.07) is 17.9. The van der Waals surface area contributed by atoms with Crippen molar-refractivity contribution in [1.29, 1.82) is 0 Å². The molecule has 0 unspecified atom stereocenters. The Morgan fingerprint density at radius 3 is 2.87 bits per heavy atom. The van der Waals surface area contributed by atoms with E-state index in [0.717, 1.165) is 16.9 Å². The van der Waals surface area contributed by atoms with Gasteiger partial charge in [0.05, 0.1) is 11.4 Å². The van der Waals surface area contributed by atoms with Gasteiger partial charge in [0.25, 0.3) is 5.91 Å². The lowest BCUT2D eigenvalue weighted by Crippen LogP contribution is -2.11. The standard InChI is InChI=1S/C23H20FN3O2S/c1-16-5-4-7-19(11-16)29-14-17-12-21(30-15-17)23(28)25-22-9-10-27(26-22)13-18-6-2-3-8-20(18)24/h2-12,15H,13-14H2,1H3,(H,25,26,28). The average molecular weight is 421 g/mol. The fourth-order valence-electron chi connectivity index (χ4n) is 2.94. The summed E-state index contributed by atoms with van der Waals surface area (Å²) in [5.74, 6) is 0.699. The van der Waals surface area contributed by atoms with Gasteiger partial charge in [-0.15, -0.1) is 11.3 Å². The van der Waals surface area contributed by atoms with Gasteiger partial charge in [-0.05, 0) is 42.1 Å². The summed E-state index contributed by atoms with van der Waals surface area (Å²) in [6.07, 6.45) is 1.71. The van der Waals surface area contributed by atoms with Gasteiger partial charge in [0.2, 0.25) is 0 Å². The van der Waals surface area contributed by atoms with E-state index in [9.17, 15) is 9.18 Å². The predicted molar refractivity (Wildman–Crippen MR) is 116 cm³/mol. The Hall–Kier alpha value is -3.45. The maximum atomic E-state index is 13.8. The number of carbonyl (C=O) groups excluding carboxylic acids is 1. The maximum Gasteiger partial charge on any atom is 0.266 e. The Bertz CT molecular complexity index is 1170. The van der Waals surface area contributed by atoms with Crippen LogP contribution < -0.4 is 10.1 Å². The summed E-state index contributed by atoms with van der Waals surface area (Å²) in [4.78, 5) is 13.1. The van der Waals surface area contributed by atoms with Crippen molar-refractivity contribution in [2.24, 2.45) is 0 Å². The molecule has 2 heterocycles. The first kappa shape index (κ1) is 19.8. The molecule has 0 saturated heterocycles. The molecule has 5 nitrogen and oxygen atoms in total. The Balaban J connectivity index is 1.34. The highest BCUT2D eigenvalue weighted by Gasteiger charge is 2.12. The lowest BCUT2D eigenvalue weighted by Gasteiger charge is -2.05. The first-order chi connectivity index (χ1) is 14.6. The van der Waals surface area contributed by atoms with Crippen molar-refractivity contribution in [1.82, 2.24) is 9.78 Å². The maximum absolute atomic E-state index is 13.8. The molecule has 2 aromatic carbocycles. The van der Waals surface area contributed by atoms with Crippen LogP contribution in [0.3, 0.4) is 0 Å². The van der Waals surface area contributed by atoms with Crippen LogP contribution in [0.25, 0.3) is 0 Å². The molecule has 0 bridgehead atoms. The largest absolute Gasteiger partial charge is 0.489 e. The average Bonchev–Trinajstić information content (AvgIpc) is 3.38. The molecule has 0 radical (unpaired) electrons. The van der Waals surface area contributed by atoms with Crippen molar-refractivity contribution in [2.75, 3.05) is 5.32 Å². The van der Waals surface area contributed by atoms with Gasteiger partial charge >= 0.3 is 0 Å². The number of ether oxygens (including phenoxy) is 1. The van der Waals surface area contributed by atoms with Crippen LogP contribution in [0.2, 0.25) is 0 Å². The lowest BCUT2D eigenvalue weighted by molar-refractivity contribution is 0.103. The van der Waals surface area contributed by atoms with E-state index >= 15 is 0 Å². The number of thiophene rings is 1. The van der Waals surface area contributed by atoms with E-state index in [1.165, 1.54) is 17.4 Å². The zero-order valence-electron chi connectivity index (χ0n) is 16.3. The second-order valence-electron chi connectivity index (χ2n) is 6.87. The van der Waals surface area contributed by atoms with Crippen molar-refractivity contribution in [2.45, 2.75) is 20.1 Å². The number of hydrogen-bond acceptors (Lipinski definition) is 4. The van der Waals surface area contributed by atoms with Crippen LogP contribution in [0.1, 0.15) is 26.4 Å². The topological polar surface area (TPSA) is 56.1 Å². The zero-order chi connectivity index (χ0) is 20.9. The molecule has 0 fully saturated rings. The third-order valence-electron chi connectivity index (χ3n) is 4.45. The van der Waals surface area contributed by atoms with Crippen LogP contribution in [-0.4, -0.2) is 15.7 Å². The van der Waals surface area contributed by atoms with Gasteiger partial charge in [0.15, 0.2) is 5.82 Å². The Morgan fingerprint density at radius 2 is 2.03 bits per heavy atom. The van der Waals surface area contributed by atoms with Gasteiger partial charge in [-0.25, -0.2) is 4.39 Å². The first-order valence-electron chi connectivity index (χ1n) is 9.42. The van der Waals surface area contributed by atoms with Crippen molar-refractivity contribution in [3.63, 3.8) is 0 Å². The van der Waals surface area contributed by atoms with Gasteiger partial charge in [-0.3, -0.25) is 9.48 Å². The summed E-state index contributed by atoms with van der Waals surface area (Å²) in [5.41, 5.74) is 2.60. The number of benzene rings is 2. The number of nitrogens with one attached hydrogen (secondary N) is 1. The van der Waals surface area contributed by atoms with Crippen LogP contribution in [0.15, 0.2) is 72.2 Å². The van der Waals surface area contributed by atoms with Gasteiger partial charge in [0.1, 0.15) is 18.2 Å². The molecule has 7 heteroatoms. The number of aromatic nitrogens is 2. The van der Waals surface area contributed by atoms with E-state index in [1.807, 2.05) is 42.6 Å². The number of carbonyl (C=O) groups is 1. The molecule has 0 aliphatic carbocycles.